The van der Waals surface area contributed by atoms with Crippen molar-refractivity contribution < 1.29 is 27.5 Å². The van der Waals surface area contributed by atoms with E-state index in [2.05, 4.69) is 10.2 Å². The number of pyridine rings is 1. The first-order valence-corrected chi connectivity index (χ1v) is 13.1. The predicted octanol–water partition coefficient (Wildman–Crippen LogP) is 5.63. The third-order valence-electron chi connectivity index (χ3n) is 6.16. The van der Waals surface area contributed by atoms with Gasteiger partial charge in [0.2, 0.25) is 0 Å². The molecule has 4 rings (SSSR count). The van der Waals surface area contributed by atoms with E-state index in [1.165, 1.54) is 36.1 Å². The Kier molecular flexibility index (Phi) is 8.70. The van der Waals surface area contributed by atoms with Gasteiger partial charge in [-0.3, -0.25) is 14.4 Å². The highest BCUT2D eigenvalue weighted by molar-refractivity contribution is 7.14. The number of carbonyl (C=O) groups excluding carboxylic acids is 2. The van der Waals surface area contributed by atoms with Crippen LogP contribution in [0.2, 0.25) is 5.02 Å². The summed E-state index contributed by atoms with van der Waals surface area (Å²) in [6.07, 6.45) is -1.36. The van der Waals surface area contributed by atoms with Crippen LogP contribution in [-0.4, -0.2) is 33.6 Å². The number of halogens is 4. The van der Waals surface area contributed by atoms with Crippen molar-refractivity contribution in [3.63, 3.8) is 0 Å². The number of carbonyl (C=O) groups is 2. The minimum atomic E-state index is -2.79. The van der Waals surface area contributed by atoms with Crippen LogP contribution in [-0.2, 0) is 11.2 Å². The summed E-state index contributed by atoms with van der Waals surface area (Å²) < 4.78 is 47.3. The van der Waals surface area contributed by atoms with Gasteiger partial charge in [-0.15, -0.1) is 10.2 Å². The molecule has 1 atom stereocenters. The largest absolute Gasteiger partial charge is 0.495 e. The summed E-state index contributed by atoms with van der Waals surface area (Å²) in [6.45, 7) is 1.72. The fraction of sp³-hybridized carbons (Fsp3) is 0.222. The van der Waals surface area contributed by atoms with Crippen LogP contribution in [0.3, 0.4) is 0 Å². The summed E-state index contributed by atoms with van der Waals surface area (Å²) in [5.41, 5.74) is 5.73. The van der Waals surface area contributed by atoms with E-state index >= 15 is 0 Å². The highest BCUT2D eigenvalue weighted by Gasteiger charge is 2.24. The molecule has 0 aliphatic rings. The maximum absolute atomic E-state index is 14.2. The molecular formula is C27H22ClF3N4O4S. The van der Waals surface area contributed by atoms with Crippen LogP contribution < -0.4 is 16.0 Å². The molecule has 2 N–H and O–H groups in total. The number of benzene rings is 2. The second-order valence-electron chi connectivity index (χ2n) is 8.68. The number of amides is 1. The number of Topliss-reactive ketones (excluding diaryl/α,β-unsaturated/α-hetero) is 1. The SMILES string of the molecule is CCC(C(=O)Cc1ccc(C(N)=O)c(F)c1)n1cc(OC)c(-c2cc(Cl)ccc2-c2nnc(C(F)F)s2)cc1=O. The number of primary amides is 1. The first kappa shape index (κ1) is 29.0. The van der Waals surface area contributed by atoms with E-state index in [-0.39, 0.29) is 34.9 Å². The number of aromatic nitrogens is 3. The topological polar surface area (TPSA) is 117 Å². The average molecular weight is 591 g/mol. The molecule has 2 aromatic carbocycles. The number of ketones is 1. The van der Waals surface area contributed by atoms with Gasteiger partial charge in [0.25, 0.3) is 17.9 Å². The Hall–Kier alpha value is -4.03. The van der Waals surface area contributed by atoms with Crippen LogP contribution in [0, 0.1) is 5.82 Å². The van der Waals surface area contributed by atoms with Crippen molar-refractivity contribution in [2.45, 2.75) is 32.2 Å². The number of rotatable bonds is 10. The molecule has 4 aromatic rings. The number of hydrogen-bond donors (Lipinski definition) is 1. The molecule has 0 saturated heterocycles. The van der Waals surface area contributed by atoms with E-state index in [0.29, 0.717) is 38.6 Å². The number of nitrogens with two attached hydrogens (primary N) is 1. The zero-order valence-corrected chi connectivity index (χ0v) is 22.7. The summed E-state index contributed by atoms with van der Waals surface area (Å²) in [5, 5.41) is 7.47. The fourth-order valence-electron chi connectivity index (χ4n) is 4.27. The Bertz CT molecular complexity index is 1660. The van der Waals surface area contributed by atoms with Crippen molar-refractivity contribution in [2.75, 3.05) is 7.11 Å². The van der Waals surface area contributed by atoms with Gasteiger partial charge in [-0.05, 0) is 47.9 Å². The van der Waals surface area contributed by atoms with E-state index in [1.807, 2.05) is 0 Å². The summed E-state index contributed by atoms with van der Waals surface area (Å²) in [7, 11) is 1.38. The number of ether oxygens (including phenoxy) is 1. The lowest BCUT2D eigenvalue weighted by molar-refractivity contribution is -0.121. The second-order valence-corrected chi connectivity index (χ2v) is 10.1. The minimum Gasteiger partial charge on any atom is -0.495 e. The molecule has 0 aliphatic carbocycles. The summed E-state index contributed by atoms with van der Waals surface area (Å²) in [5.74, 6) is -1.93. The van der Waals surface area contributed by atoms with Gasteiger partial charge < -0.3 is 15.0 Å². The van der Waals surface area contributed by atoms with Gasteiger partial charge >= 0.3 is 0 Å². The van der Waals surface area contributed by atoms with Gasteiger partial charge in [0, 0.05) is 28.6 Å². The molecule has 40 heavy (non-hydrogen) atoms. The van der Waals surface area contributed by atoms with Crippen molar-refractivity contribution >= 4 is 34.6 Å². The van der Waals surface area contributed by atoms with Crippen molar-refractivity contribution in [3.05, 3.63) is 86.0 Å². The van der Waals surface area contributed by atoms with Crippen LogP contribution in [0.25, 0.3) is 21.7 Å². The monoisotopic (exact) mass is 590 g/mol. The van der Waals surface area contributed by atoms with Crippen LogP contribution in [0.15, 0.2) is 53.5 Å². The Morgan fingerprint density at radius 1 is 1.10 bits per heavy atom. The molecular weight excluding hydrogens is 569 g/mol. The zero-order chi connectivity index (χ0) is 29.1. The summed E-state index contributed by atoms with van der Waals surface area (Å²) in [4.78, 5) is 37.8. The molecule has 1 unspecified atom stereocenters. The molecule has 0 bridgehead atoms. The Morgan fingerprint density at radius 3 is 2.45 bits per heavy atom. The highest BCUT2D eigenvalue weighted by atomic mass is 35.5. The first-order chi connectivity index (χ1) is 19.0. The molecule has 208 valence electrons. The lowest BCUT2D eigenvalue weighted by Crippen LogP contribution is -2.30. The molecule has 0 radical (unpaired) electrons. The van der Waals surface area contributed by atoms with Crippen LogP contribution in [0.1, 0.15) is 46.7 Å². The normalized spacial score (nSPS) is 12.0. The number of alkyl halides is 2. The van der Waals surface area contributed by atoms with Crippen LogP contribution in [0.5, 0.6) is 5.75 Å². The van der Waals surface area contributed by atoms with E-state index in [0.717, 1.165) is 6.07 Å². The standard InChI is InChI=1S/C27H22ClF3N4O4S/c1-3-20(21(36)9-13-4-6-16(25(32)38)19(29)8-13)35-12-22(39-2)18(11-23(35)37)17-10-14(28)5-7-15(17)26-33-34-27(40-26)24(30)31/h4-8,10-12,20,24H,3,9H2,1-2H3,(H2,32,38). The lowest BCUT2D eigenvalue weighted by atomic mass is 9.98. The molecule has 0 aliphatic heterocycles. The highest BCUT2D eigenvalue weighted by Crippen LogP contribution is 2.40. The molecule has 8 nitrogen and oxygen atoms in total. The Labute approximate surface area is 235 Å². The average Bonchev–Trinajstić information content (AvgIpc) is 3.40. The maximum Gasteiger partial charge on any atom is 0.291 e. The van der Waals surface area contributed by atoms with Crippen molar-refractivity contribution in [1.82, 2.24) is 14.8 Å². The number of hydrogen-bond acceptors (Lipinski definition) is 7. The minimum absolute atomic E-state index is 0.199. The number of nitrogens with zero attached hydrogens (tertiary/aromatic N) is 3. The third-order valence-corrected chi connectivity index (χ3v) is 7.36. The maximum atomic E-state index is 14.2. The van der Waals surface area contributed by atoms with Gasteiger partial charge in [-0.25, -0.2) is 13.2 Å². The fourth-order valence-corrected chi connectivity index (χ4v) is 5.18. The van der Waals surface area contributed by atoms with Crippen molar-refractivity contribution in [1.29, 1.82) is 0 Å². The molecule has 2 heterocycles. The van der Waals surface area contributed by atoms with E-state index < -0.39 is 34.8 Å². The van der Waals surface area contributed by atoms with E-state index in [4.69, 9.17) is 22.1 Å². The second kappa shape index (κ2) is 12.0. The molecule has 13 heteroatoms. The molecule has 1 amide bonds. The molecule has 2 aromatic heterocycles. The number of methoxy groups -OCH3 is 1. The van der Waals surface area contributed by atoms with Crippen molar-refractivity contribution in [3.8, 4) is 27.4 Å². The van der Waals surface area contributed by atoms with Gasteiger partial charge in [-0.1, -0.05) is 35.9 Å². The van der Waals surface area contributed by atoms with Gasteiger partial charge in [0.1, 0.15) is 16.6 Å². The van der Waals surface area contributed by atoms with Crippen LogP contribution >= 0.6 is 22.9 Å². The van der Waals surface area contributed by atoms with Gasteiger partial charge in [0.05, 0.1) is 24.9 Å². The molecule has 0 fully saturated rings. The quantitative estimate of drug-likeness (QED) is 0.256. The Balaban J connectivity index is 1.73. The molecule has 0 spiro atoms. The molecule has 0 saturated carbocycles. The smallest absolute Gasteiger partial charge is 0.291 e. The Morgan fingerprint density at radius 2 is 1.85 bits per heavy atom. The van der Waals surface area contributed by atoms with E-state index in [1.54, 1.807) is 25.1 Å². The van der Waals surface area contributed by atoms with Crippen LogP contribution in [0.4, 0.5) is 13.2 Å². The zero-order valence-electron chi connectivity index (χ0n) is 21.2. The third kappa shape index (κ3) is 5.92. The van der Waals surface area contributed by atoms with E-state index in [9.17, 15) is 27.6 Å². The van der Waals surface area contributed by atoms with Gasteiger partial charge in [0.15, 0.2) is 10.8 Å². The van der Waals surface area contributed by atoms with Gasteiger partial charge in [-0.2, -0.15) is 0 Å². The summed E-state index contributed by atoms with van der Waals surface area (Å²) in [6, 6.07) is 8.73. The van der Waals surface area contributed by atoms with Crippen molar-refractivity contribution in [2.24, 2.45) is 5.73 Å². The first-order valence-electron chi connectivity index (χ1n) is 11.9. The summed E-state index contributed by atoms with van der Waals surface area (Å²) >= 11 is 6.94. The lowest BCUT2D eigenvalue weighted by Gasteiger charge is -2.20. The predicted molar refractivity (Wildman–Crippen MR) is 145 cm³/mol.